The lowest BCUT2D eigenvalue weighted by molar-refractivity contribution is -0.139. The molecule has 0 saturated carbocycles. The Labute approximate surface area is 121 Å². The van der Waals surface area contributed by atoms with Crippen molar-refractivity contribution in [3.8, 4) is 0 Å². The van der Waals surface area contributed by atoms with E-state index in [9.17, 15) is 4.79 Å². The highest BCUT2D eigenvalue weighted by molar-refractivity contribution is 5.87. The fraction of sp³-hybridized carbons (Fsp3) is 0.800. The lowest BCUT2D eigenvalue weighted by Crippen LogP contribution is -2.13. The maximum Gasteiger partial charge on any atom is 0.335 e. The Hall–Kier alpha value is -0.910. The van der Waals surface area contributed by atoms with Crippen LogP contribution in [0.15, 0.2) is 12.2 Å². The van der Waals surface area contributed by atoms with Crippen LogP contribution < -0.4 is 0 Å². The molecule has 0 spiro atoms. The first-order valence-electron chi connectivity index (χ1n) is 7.33. The summed E-state index contributed by atoms with van der Waals surface area (Å²) in [6, 6.07) is 0. The molecule has 20 heavy (non-hydrogen) atoms. The van der Waals surface area contributed by atoms with Crippen molar-refractivity contribution in [2.24, 2.45) is 0 Å². The molecule has 0 aliphatic rings. The van der Waals surface area contributed by atoms with Crippen LogP contribution in [0.4, 0.5) is 0 Å². The van der Waals surface area contributed by atoms with Crippen molar-refractivity contribution >= 4 is 5.97 Å². The summed E-state index contributed by atoms with van der Waals surface area (Å²) in [7, 11) is 0. The van der Waals surface area contributed by atoms with Crippen molar-refractivity contribution in [3.63, 3.8) is 0 Å². The van der Waals surface area contributed by atoms with Crippen molar-refractivity contribution in [1.82, 2.24) is 0 Å². The van der Waals surface area contributed by atoms with Crippen LogP contribution in [0, 0.1) is 0 Å². The molecule has 1 N–H and O–H groups in total. The van der Waals surface area contributed by atoms with E-state index in [1.807, 2.05) is 0 Å². The maximum atomic E-state index is 11.5. The van der Waals surface area contributed by atoms with Crippen LogP contribution in [0.3, 0.4) is 0 Å². The van der Waals surface area contributed by atoms with E-state index in [4.69, 9.17) is 19.3 Å². The molecule has 0 fully saturated rings. The summed E-state index contributed by atoms with van der Waals surface area (Å²) in [5, 5.41) is 8.50. The number of hydrogen-bond donors (Lipinski definition) is 1. The first-order chi connectivity index (χ1) is 9.72. The van der Waals surface area contributed by atoms with E-state index in [2.05, 4.69) is 13.5 Å². The zero-order valence-electron chi connectivity index (χ0n) is 12.6. The molecule has 0 aromatic carbocycles. The summed E-state index contributed by atoms with van der Waals surface area (Å²) in [5.41, 5.74) is 0.344. The molecule has 0 rings (SSSR count). The van der Waals surface area contributed by atoms with Crippen molar-refractivity contribution in [3.05, 3.63) is 12.2 Å². The van der Waals surface area contributed by atoms with Crippen LogP contribution in [-0.2, 0) is 19.0 Å². The highest BCUT2D eigenvalue weighted by atomic mass is 16.5. The third-order valence-corrected chi connectivity index (χ3v) is 2.61. The Morgan fingerprint density at radius 3 is 2.45 bits per heavy atom. The number of hydrogen-bond acceptors (Lipinski definition) is 5. The number of unbranched alkanes of at least 4 members (excludes halogenated alkanes) is 3. The molecule has 0 saturated heterocycles. The molecule has 0 amide bonds. The van der Waals surface area contributed by atoms with Gasteiger partial charge in [-0.15, -0.1) is 0 Å². The number of carbonyl (C=O) groups excluding carboxylic acids is 1. The van der Waals surface area contributed by atoms with Gasteiger partial charge in [0.2, 0.25) is 0 Å². The van der Waals surface area contributed by atoms with Gasteiger partial charge in [0.1, 0.15) is 0 Å². The van der Waals surface area contributed by atoms with Crippen molar-refractivity contribution in [1.29, 1.82) is 0 Å². The van der Waals surface area contributed by atoms with Crippen LogP contribution in [-0.4, -0.2) is 50.7 Å². The number of aliphatic hydroxyl groups excluding tert-OH is 1. The van der Waals surface area contributed by atoms with Crippen LogP contribution in [0.5, 0.6) is 0 Å². The first kappa shape index (κ1) is 19.1. The second kappa shape index (κ2) is 14.5. The minimum atomic E-state index is -0.377. The first-order valence-corrected chi connectivity index (χ1v) is 7.33. The van der Waals surface area contributed by atoms with Crippen molar-refractivity contribution < 1.29 is 24.1 Å². The molecule has 0 bridgehead atoms. The molecule has 5 heteroatoms. The third kappa shape index (κ3) is 12.1. The lowest BCUT2D eigenvalue weighted by atomic mass is 10.2. The Morgan fingerprint density at radius 1 is 1.00 bits per heavy atom. The van der Waals surface area contributed by atoms with Crippen LogP contribution in [0.25, 0.3) is 0 Å². The minimum absolute atomic E-state index is 0.0295. The van der Waals surface area contributed by atoms with E-state index < -0.39 is 0 Å². The maximum absolute atomic E-state index is 11.5. The van der Waals surface area contributed by atoms with Gasteiger partial charge in [0, 0.05) is 13.2 Å². The van der Waals surface area contributed by atoms with Crippen LogP contribution in [0.1, 0.15) is 39.0 Å². The predicted molar refractivity (Wildman–Crippen MR) is 77.6 cm³/mol. The Balaban J connectivity index is 3.39. The molecular weight excluding hydrogens is 260 g/mol. The van der Waals surface area contributed by atoms with Gasteiger partial charge in [-0.3, -0.25) is 0 Å². The van der Waals surface area contributed by atoms with E-state index in [1.54, 1.807) is 0 Å². The SMILES string of the molecule is C=C(COCCCOCCO)C(=O)OCCCCCC. The molecule has 5 nitrogen and oxygen atoms in total. The summed E-state index contributed by atoms with van der Waals surface area (Å²) in [4.78, 5) is 11.5. The Bertz CT molecular complexity index is 253. The predicted octanol–water partition coefficient (Wildman–Crippen LogP) is 2.08. The highest BCUT2D eigenvalue weighted by Crippen LogP contribution is 2.02. The Kier molecular flexibility index (Phi) is 13.8. The van der Waals surface area contributed by atoms with Gasteiger partial charge >= 0.3 is 5.97 Å². The fourth-order valence-corrected chi connectivity index (χ4v) is 1.48. The highest BCUT2D eigenvalue weighted by Gasteiger charge is 2.08. The van der Waals surface area contributed by atoms with Crippen LogP contribution >= 0.6 is 0 Å². The lowest BCUT2D eigenvalue weighted by Gasteiger charge is -2.08. The summed E-state index contributed by atoms with van der Waals surface area (Å²) in [6.45, 7) is 7.84. The third-order valence-electron chi connectivity index (χ3n) is 2.61. The molecule has 0 aromatic heterocycles. The largest absolute Gasteiger partial charge is 0.462 e. The van der Waals surface area contributed by atoms with E-state index >= 15 is 0 Å². The average Bonchev–Trinajstić information content (AvgIpc) is 2.45. The quantitative estimate of drug-likeness (QED) is 0.301. The van der Waals surface area contributed by atoms with Gasteiger partial charge in [0.15, 0.2) is 0 Å². The summed E-state index contributed by atoms with van der Waals surface area (Å²) in [5.74, 6) is -0.377. The van der Waals surface area contributed by atoms with E-state index in [0.29, 0.717) is 32.0 Å². The van der Waals surface area contributed by atoms with Gasteiger partial charge < -0.3 is 19.3 Å². The number of carbonyl (C=O) groups is 1. The molecule has 0 radical (unpaired) electrons. The second-order valence-electron chi connectivity index (χ2n) is 4.54. The molecule has 0 atom stereocenters. The molecule has 0 aromatic rings. The number of ether oxygens (including phenoxy) is 3. The molecule has 118 valence electrons. The van der Waals surface area contributed by atoms with Gasteiger partial charge in [-0.25, -0.2) is 4.79 Å². The molecule has 0 aliphatic heterocycles. The summed E-state index contributed by atoms with van der Waals surface area (Å²) < 4.78 is 15.5. The zero-order chi connectivity index (χ0) is 15.1. The molecule has 0 heterocycles. The Morgan fingerprint density at radius 2 is 1.75 bits per heavy atom. The molecule has 0 aliphatic carbocycles. The fourth-order valence-electron chi connectivity index (χ4n) is 1.48. The van der Waals surface area contributed by atoms with E-state index in [0.717, 1.165) is 25.7 Å². The number of esters is 1. The van der Waals surface area contributed by atoms with E-state index in [-0.39, 0.29) is 19.2 Å². The average molecular weight is 288 g/mol. The zero-order valence-corrected chi connectivity index (χ0v) is 12.6. The smallest absolute Gasteiger partial charge is 0.335 e. The molecular formula is C15H28O5. The van der Waals surface area contributed by atoms with Gasteiger partial charge in [-0.05, 0) is 12.8 Å². The normalized spacial score (nSPS) is 10.5. The van der Waals surface area contributed by atoms with E-state index in [1.165, 1.54) is 6.42 Å². The summed E-state index contributed by atoms with van der Waals surface area (Å²) >= 11 is 0. The van der Waals surface area contributed by atoms with Crippen molar-refractivity contribution in [2.75, 3.05) is 39.6 Å². The topological polar surface area (TPSA) is 65.0 Å². The van der Waals surface area contributed by atoms with Crippen LogP contribution in [0.2, 0.25) is 0 Å². The monoisotopic (exact) mass is 288 g/mol. The minimum Gasteiger partial charge on any atom is -0.462 e. The molecule has 0 unspecified atom stereocenters. The van der Waals surface area contributed by atoms with Gasteiger partial charge in [-0.1, -0.05) is 32.8 Å². The van der Waals surface area contributed by atoms with Crippen molar-refractivity contribution in [2.45, 2.75) is 39.0 Å². The van der Waals surface area contributed by atoms with Gasteiger partial charge in [-0.2, -0.15) is 0 Å². The van der Waals surface area contributed by atoms with Gasteiger partial charge in [0.05, 0.1) is 32.0 Å². The second-order valence-corrected chi connectivity index (χ2v) is 4.54. The number of rotatable bonds is 14. The number of aliphatic hydroxyl groups is 1. The van der Waals surface area contributed by atoms with Gasteiger partial charge in [0.25, 0.3) is 0 Å². The standard InChI is InChI=1S/C15H28O5/c1-3-4-5-6-11-20-15(17)14(2)13-19-10-7-9-18-12-8-16/h16H,2-13H2,1H3. The summed E-state index contributed by atoms with van der Waals surface area (Å²) in [6.07, 6.45) is 5.03.